The molecule has 18 heavy (non-hydrogen) atoms. The molecule has 1 unspecified atom stereocenters. The molecule has 0 spiro atoms. The average molecular weight is 310 g/mol. The Morgan fingerprint density at radius 1 is 1.44 bits per heavy atom. The molecule has 2 rings (SSSR count). The minimum Gasteiger partial charge on any atom is -0.337 e. The van der Waals surface area contributed by atoms with Crippen LogP contribution in [-0.2, 0) is 0 Å². The maximum atomic E-state index is 5.27. The maximum Gasteiger partial charge on any atom is 0.243 e. The van der Waals surface area contributed by atoms with Crippen molar-refractivity contribution in [3.8, 4) is 11.4 Å². The van der Waals surface area contributed by atoms with Crippen LogP contribution in [0.25, 0.3) is 11.4 Å². The van der Waals surface area contributed by atoms with Crippen molar-refractivity contribution in [2.24, 2.45) is 0 Å². The van der Waals surface area contributed by atoms with E-state index in [2.05, 4.69) is 31.4 Å². The molecule has 1 aromatic heterocycles. The predicted molar refractivity (Wildman–Crippen MR) is 74.3 cm³/mol. The Hall–Kier alpha value is -1.20. The summed E-state index contributed by atoms with van der Waals surface area (Å²) in [5.74, 6) is 1.22. The summed E-state index contributed by atoms with van der Waals surface area (Å²) in [7, 11) is 0. The van der Waals surface area contributed by atoms with Gasteiger partial charge >= 0.3 is 0 Å². The van der Waals surface area contributed by atoms with Crippen molar-refractivity contribution in [2.45, 2.75) is 26.8 Å². The SMILES string of the molecule is CCNC(C)c1nc(-c2ccc(C)cc2Br)no1. The smallest absolute Gasteiger partial charge is 0.243 e. The van der Waals surface area contributed by atoms with Crippen LogP contribution in [0.15, 0.2) is 27.2 Å². The average Bonchev–Trinajstić information content (AvgIpc) is 2.78. The fraction of sp³-hybridized carbons (Fsp3) is 0.385. The lowest BCUT2D eigenvalue weighted by Crippen LogP contribution is -2.17. The van der Waals surface area contributed by atoms with E-state index in [9.17, 15) is 0 Å². The molecule has 0 saturated carbocycles. The second-order valence-corrected chi connectivity index (χ2v) is 5.07. The van der Waals surface area contributed by atoms with Crippen molar-refractivity contribution in [3.63, 3.8) is 0 Å². The summed E-state index contributed by atoms with van der Waals surface area (Å²) in [6, 6.07) is 6.13. The van der Waals surface area contributed by atoms with E-state index in [1.165, 1.54) is 5.56 Å². The van der Waals surface area contributed by atoms with Crippen LogP contribution in [0.2, 0.25) is 0 Å². The van der Waals surface area contributed by atoms with E-state index >= 15 is 0 Å². The zero-order valence-electron chi connectivity index (χ0n) is 10.7. The summed E-state index contributed by atoms with van der Waals surface area (Å²) < 4.78 is 6.25. The van der Waals surface area contributed by atoms with E-state index in [-0.39, 0.29) is 6.04 Å². The highest BCUT2D eigenvalue weighted by atomic mass is 79.9. The molecular formula is C13H16BrN3O. The fourth-order valence-electron chi connectivity index (χ4n) is 1.72. The van der Waals surface area contributed by atoms with E-state index < -0.39 is 0 Å². The topological polar surface area (TPSA) is 51.0 Å². The summed E-state index contributed by atoms with van der Waals surface area (Å²) in [6.45, 7) is 6.96. The van der Waals surface area contributed by atoms with Crippen LogP contribution in [-0.4, -0.2) is 16.7 Å². The van der Waals surface area contributed by atoms with Gasteiger partial charge in [0.15, 0.2) is 0 Å². The third-order valence-electron chi connectivity index (χ3n) is 2.69. The third kappa shape index (κ3) is 2.79. The van der Waals surface area contributed by atoms with Gasteiger partial charge in [-0.1, -0.05) is 34.1 Å². The standard InChI is InChI=1S/C13H16BrN3O/c1-4-15-9(3)13-16-12(17-18-13)10-6-5-8(2)7-11(10)14/h5-7,9,15H,4H2,1-3H3. The van der Waals surface area contributed by atoms with Crippen LogP contribution < -0.4 is 5.32 Å². The Morgan fingerprint density at radius 3 is 2.89 bits per heavy atom. The number of hydrogen-bond acceptors (Lipinski definition) is 4. The first-order valence-electron chi connectivity index (χ1n) is 5.95. The lowest BCUT2D eigenvalue weighted by molar-refractivity contribution is 0.342. The molecule has 1 heterocycles. The molecule has 0 saturated heterocycles. The summed E-state index contributed by atoms with van der Waals surface area (Å²) in [5, 5.41) is 7.27. The highest BCUT2D eigenvalue weighted by Gasteiger charge is 2.15. The number of aromatic nitrogens is 2. The highest BCUT2D eigenvalue weighted by Crippen LogP contribution is 2.27. The number of benzene rings is 1. The lowest BCUT2D eigenvalue weighted by Gasteiger charge is -2.05. The van der Waals surface area contributed by atoms with Crippen LogP contribution in [0.1, 0.15) is 31.3 Å². The van der Waals surface area contributed by atoms with Crippen LogP contribution in [0.3, 0.4) is 0 Å². The summed E-state index contributed by atoms with van der Waals surface area (Å²) >= 11 is 3.52. The van der Waals surface area contributed by atoms with E-state index in [4.69, 9.17) is 4.52 Å². The Labute approximate surface area is 115 Å². The van der Waals surface area contributed by atoms with E-state index in [1.807, 2.05) is 39.0 Å². The van der Waals surface area contributed by atoms with Gasteiger partial charge in [-0.3, -0.25) is 0 Å². The minimum absolute atomic E-state index is 0.0699. The summed E-state index contributed by atoms with van der Waals surface area (Å²) in [5.41, 5.74) is 2.13. The van der Waals surface area contributed by atoms with Crippen LogP contribution >= 0.6 is 15.9 Å². The van der Waals surface area contributed by atoms with Crippen LogP contribution in [0.4, 0.5) is 0 Å². The van der Waals surface area contributed by atoms with E-state index in [1.54, 1.807) is 0 Å². The largest absolute Gasteiger partial charge is 0.337 e. The van der Waals surface area contributed by atoms with Crippen molar-refractivity contribution >= 4 is 15.9 Å². The van der Waals surface area contributed by atoms with E-state index in [0.717, 1.165) is 16.6 Å². The second-order valence-electron chi connectivity index (χ2n) is 4.22. The molecule has 0 radical (unpaired) electrons. The Kier molecular flexibility index (Phi) is 4.14. The molecule has 2 aromatic rings. The van der Waals surface area contributed by atoms with Gasteiger partial charge in [-0.25, -0.2) is 0 Å². The molecule has 1 atom stereocenters. The number of hydrogen-bond donors (Lipinski definition) is 1. The zero-order chi connectivity index (χ0) is 13.1. The molecule has 0 aliphatic rings. The van der Waals surface area contributed by atoms with Gasteiger partial charge in [-0.05, 0) is 38.1 Å². The van der Waals surface area contributed by atoms with E-state index in [0.29, 0.717) is 11.7 Å². The van der Waals surface area contributed by atoms with Gasteiger partial charge in [0.2, 0.25) is 11.7 Å². The molecule has 0 bridgehead atoms. The van der Waals surface area contributed by atoms with Gasteiger partial charge < -0.3 is 9.84 Å². The molecule has 0 fully saturated rings. The number of nitrogens with zero attached hydrogens (tertiary/aromatic N) is 2. The number of aryl methyl sites for hydroxylation is 1. The first kappa shape index (κ1) is 13.2. The molecule has 96 valence electrons. The first-order chi connectivity index (χ1) is 8.61. The number of halogens is 1. The molecule has 0 amide bonds. The third-order valence-corrected chi connectivity index (χ3v) is 3.34. The quantitative estimate of drug-likeness (QED) is 0.939. The number of rotatable bonds is 4. The predicted octanol–water partition coefficient (Wildman–Crippen LogP) is 3.48. The molecule has 4 nitrogen and oxygen atoms in total. The van der Waals surface area contributed by atoms with Gasteiger partial charge in [0.1, 0.15) is 0 Å². The highest BCUT2D eigenvalue weighted by molar-refractivity contribution is 9.10. The van der Waals surface area contributed by atoms with Crippen LogP contribution in [0, 0.1) is 6.92 Å². The van der Waals surface area contributed by atoms with Crippen molar-refractivity contribution in [2.75, 3.05) is 6.54 Å². The maximum absolute atomic E-state index is 5.27. The lowest BCUT2D eigenvalue weighted by atomic mass is 10.1. The fourth-order valence-corrected chi connectivity index (χ4v) is 2.39. The van der Waals surface area contributed by atoms with Crippen molar-refractivity contribution < 1.29 is 4.52 Å². The van der Waals surface area contributed by atoms with Crippen LogP contribution in [0.5, 0.6) is 0 Å². The molecule has 0 aliphatic carbocycles. The van der Waals surface area contributed by atoms with Gasteiger partial charge in [-0.15, -0.1) is 0 Å². The normalized spacial score (nSPS) is 12.7. The van der Waals surface area contributed by atoms with Crippen molar-refractivity contribution in [1.29, 1.82) is 0 Å². The first-order valence-corrected chi connectivity index (χ1v) is 6.74. The zero-order valence-corrected chi connectivity index (χ0v) is 12.3. The van der Waals surface area contributed by atoms with Gasteiger partial charge in [0.05, 0.1) is 6.04 Å². The van der Waals surface area contributed by atoms with Crippen molar-refractivity contribution in [1.82, 2.24) is 15.5 Å². The van der Waals surface area contributed by atoms with Gasteiger partial charge in [0, 0.05) is 10.0 Å². The number of nitrogens with one attached hydrogen (secondary N) is 1. The summed E-state index contributed by atoms with van der Waals surface area (Å²) in [4.78, 5) is 4.42. The molecular weight excluding hydrogens is 294 g/mol. The van der Waals surface area contributed by atoms with Gasteiger partial charge in [-0.2, -0.15) is 4.98 Å². The summed E-state index contributed by atoms with van der Waals surface area (Å²) in [6.07, 6.45) is 0. The second kappa shape index (κ2) is 5.63. The molecule has 1 N–H and O–H groups in total. The Balaban J connectivity index is 2.29. The Morgan fingerprint density at radius 2 is 2.22 bits per heavy atom. The minimum atomic E-state index is 0.0699. The molecule has 5 heteroatoms. The van der Waals surface area contributed by atoms with Crippen molar-refractivity contribution in [3.05, 3.63) is 34.1 Å². The molecule has 0 aliphatic heterocycles. The van der Waals surface area contributed by atoms with Gasteiger partial charge in [0.25, 0.3) is 0 Å². The monoisotopic (exact) mass is 309 g/mol. The molecule has 1 aromatic carbocycles. The Bertz CT molecular complexity index is 539.